The van der Waals surface area contributed by atoms with Crippen LogP contribution in [0.25, 0.3) is 22.9 Å². The highest BCUT2D eigenvalue weighted by Crippen LogP contribution is 2.24. The highest BCUT2D eigenvalue weighted by Gasteiger charge is 2.13. The van der Waals surface area contributed by atoms with Gasteiger partial charge in [0.2, 0.25) is 0 Å². The zero-order chi connectivity index (χ0) is 11.1. The molecule has 80 valence electrons. The van der Waals surface area contributed by atoms with Crippen LogP contribution < -0.4 is 5.76 Å². The lowest BCUT2D eigenvalue weighted by Crippen LogP contribution is -1.93. The molecule has 2 heterocycles. The summed E-state index contributed by atoms with van der Waals surface area (Å²) in [7, 11) is 0. The van der Waals surface area contributed by atoms with Gasteiger partial charge in [-0.1, -0.05) is 11.6 Å². The van der Waals surface area contributed by atoms with Gasteiger partial charge in [-0.15, -0.1) is 5.10 Å². The van der Waals surface area contributed by atoms with Gasteiger partial charge in [-0.2, -0.15) is 0 Å². The lowest BCUT2D eigenvalue weighted by atomic mass is 10.3. The van der Waals surface area contributed by atoms with E-state index < -0.39 is 5.76 Å². The molecule has 0 aliphatic carbocycles. The third-order valence-corrected chi connectivity index (χ3v) is 2.21. The molecule has 0 radical (unpaired) electrons. The number of H-pyrrole nitrogens is 1. The average molecular weight is 238 g/mol. The van der Waals surface area contributed by atoms with Gasteiger partial charge in [0.25, 0.3) is 5.89 Å². The van der Waals surface area contributed by atoms with Crippen molar-refractivity contribution in [1.29, 1.82) is 0 Å². The number of rotatable bonds is 1. The van der Waals surface area contributed by atoms with Gasteiger partial charge in [-0.25, -0.2) is 14.9 Å². The molecule has 0 aliphatic rings. The van der Waals surface area contributed by atoms with Gasteiger partial charge in [-0.05, 0) is 18.2 Å². The van der Waals surface area contributed by atoms with Crippen LogP contribution in [0.1, 0.15) is 0 Å². The minimum atomic E-state index is -0.657. The lowest BCUT2D eigenvalue weighted by Gasteiger charge is -1.85. The Morgan fingerprint density at radius 3 is 2.88 bits per heavy atom. The fraction of sp³-hybridized carbons (Fsp3) is 0. The van der Waals surface area contributed by atoms with Crippen molar-refractivity contribution in [2.45, 2.75) is 0 Å². The molecule has 0 saturated heterocycles. The standard InChI is InChI=1S/C9H4ClN3O3/c10-4-1-2-6-5(3-4)11-7(15-6)8-12-13-9(14)16-8/h1-3H,(H,13,14). The molecular formula is C9H4ClN3O3. The van der Waals surface area contributed by atoms with Gasteiger partial charge >= 0.3 is 11.6 Å². The van der Waals surface area contributed by atoms with Gasteiger partial charge in [0.05, 0.1) is 0 Å². The summed E-state index contributed by atoms with van der Waals surface area (Å²) < 4.78 is 10.1. The van der Waals surface area contributed by atoms with Crippen molar-refractivity contribution in [3.8, 4) is 11.8 Å². The van der Waals surface area contributed by atoms with Crippen molar-refractivity contribution in [2.24, 2.45) is 0 Å². The molecule has 7 heteroatoms. The van der Waals surface area contributed by atoms with Crippen LogP contribution in [-0.2, 0) is 0 Å². The summed E-state index contributed by atoms with van der Waals surface area (Å²) in [5.41, 5.74) is 1.12. The Bertz CT molecular complexity index is 712. The van der Waals surface area contributed by atoms with E-state index in [-0.39, 0.29) is 11.8 Å². The molecule has 0 bridgehead atoms. The second kappa shape index (κ2) is 3.21. The van der Waals surface area contributed by atoms with E-state index in [1.54, 1.807) is 18.2 Å². The largest absolute Gasteiger partial charge is 0.434 e. The van der Waals surface area contributed by atoms with E-state index in [1.807, 2.05) is 0 Å². The van der Waals surface area contributed by atoms with Gasteiger partial charge in [-0.3, -0.25) is 0 Å². The highest BCUT2D eigenvalue weighted by molar-refractivity contribution is 6.31. The van der Waals surface area contributed by atoms with Crippen molar-refractivity contribution in [2.75, 3.05) is 0 Å². The molecule has 1 aromatic carbocycles. The number of fused-ring (bicyclic) bond motifs is 1. The van der Waals surface area contributed by atoms with E-state index in [9.17, 15) is 4.79 Å². The molecular weight excluding hydrogens is 234 g/mol. The van der Waals surface area contributed by atoms with Crippen molar-refractivity contribution in [1.82, 2.24) is 15.2 Å². The molecule has 0 amide bonds. The number of halogens is 1. The predicted molar refractivity (Wildman–Crippen MR) is 55.1 cm³/mol. The van der Waals surface area contributed by atoms with Crippen LogP contribution in [0.5, 0.6) is 0 Å². The number of aromatic nitrogens is 3. The van der Waals surface area contributed by atoms with Gasteiger partial charge in [0, 0.05) is 5.02 Å². The number of aromatic amines is 1. The highest BCUT2D eigenvalue weighted by atomic mass is 35.5. The Morgan fingerprint density at radius 1 is 1.25 bits per heavy atom. The maximum atomic E-state index is 10.8. The third-order valence-electron chi connectivity index (χ3n) is 1.97. The second-order valence-corrected chi connectivity index (χ2v) is 3.49. The summed E-state index contributed by atoms with van der Waals surface area (Å²) in [5, 5.41) is 6.29. The summed E-state index contributed by atoms with van der Waals surface area (Å²) in [6.45, 7) is 0. The number of nitrogens with zero attached hydrogens (tertiary/aromatic N) is 2. The summed E-state index contributed by atoms with van der Waals surface area (Å²) in [4.78, 5) is 14.8. The third kappa shape index (κ3) is 1.40. The number of hydrogen-bond acceptors (Lipinski definition) is 5. The van der Waals surface area contributed by atoms with Crippen LogP contribution in [0.4, 0.5) is 0 Å². The maximum Gasteiger partial charge on any atom is 0.434 e. The molecule has 1 N–H and O–H groups in total. The first-order valence-electron chi connectivity index (χ1n) is 4.34. The molecule has 3 rings (SSSR count). The van der Waals surface area contributed by atoms with Gasteiger partial charge < -0.3 is 8.83 Å². The van der Waals surface area contributed by atoms with E-state index in [4.69, 9.17) is 20.4 Å². The van der Waals surface area contributed by atoms with E-state index >= 15 is 0 Å². The number of nitrogens with one attached hydrogen (secondary N) is 1. The Kier molecular flexibility index (Phi) is 1.84. The second-order valence-electron chi connectivity index (χ2n) is 3.05. The molecule has 2 aromatic heterocycles. The molecule has 0 atom stereocenters. The van der Waals surface area contributed by atoms with Gasteiger partial charge in [0.15, 0.2) is 5.58 Å². The SMILES string of the molecule is O=c1[nH]nc(-c2nc3cc(Cl)ccc3o2)o1. The summed E-state index contributed by atoms with van der Waals surface area (Å²) >= 11 is 5.80. The maximum absolute atomic E-state index is 10.8. The van der Waals surface area contributed by atoms with Crippen molar-refractivity contribution < 1.29 is 8.83 Å². The summed E-state index contributed by atoms with van der Waals surface area (Å²) in [6, 6.07) is 5.01. The van der Waals surface area contributed by atoms with E-state index in [2.05, 4.69) is 15.2 Å². The van der Waals surface area contributed by atoms with E-state index in [0.29, 0.717) is 16.1 Å². The topological polar surface area (TPSA) is 84.9 Å². The number of hydrogen-bond donors (Lipinski definition) is 1. The van der Waals surface area contributed by atoms with Crippen LogP contribution in [0.2, 0.25) is 5.02 Å². The smallest absolute Gasteiger partial charge is 0.432 e. The van der Waals surface area contributed by atoms with Crippen LogP contribution >= 0.6 is 11.6 Å². The molecule has 3 aromatic rings. The van der Waals surface area contributed by atoms with Gasteiger partial charge in [0.1, 0.15) is 5.52 Å². The zero-order valence-electron chi connectivity index (χ0n) is 7.73. The first-order chi connectivity index (χ1) is 7.72. The number of oxazole rings is 1. The summed E-state index contributed by atoms with van der Waals surface area (Å²) in [6.07, 6.45) is 0. The zero-order valence-corrected chi connectivity index (χ0v) is 8.49. The van der Waals surface area contributed by atoms with E-state index in [1.165, 1.54) is 0 Å². The molecule has 0 spiro atoms. The molecule has 0 saturated carbocycles. The lowest BCUT2D eigenvalue weighted by molar-refractivity contribution is 0.497. The van der Waals surface area contributed by atoms with Crippen molar-refractivity contribution >= 4 is 22.7 Å². The van der Waals surface area contributed by atoms with Crippen LogP contribution in [-0.4, -0.2) is 15.2 Å². The van der Waals surface area contributed by atoms with E-state index in [0.717, 1.165) is 0 Å². The Balaban J connectivity index is 2.22. The Hall–Kier alpha value is -2.08. The minimum Gasteiger partial charge on any atom is -0.432 e. The fourth-order valence-electron chi connectivity index (χ4n) is 1.31. The summed E-state index contributed by atoms with van der Waals surface area (Å²) in [5.74, 6) is -0.511. The molecule has 0 unspecified atom stereocenters. The van der Waals surface area contributed by atoms with Crippen molar-refractivity contribution in [3.63, 3.8) is 0 Å². The molecule has 16 heavy (non-hydrogen) atoms. The van der Waals surface area contributed by atoms with Crippen molar-refractivity contribution in [3.05, 3.63) is 33.8 Å². The van der Waals surface area contributed by atoms with Crippen LogP contribution in [0, 0.1) is 0 Å². The average Bonchev–Trinajstić information content (AvgIpc) is 2.83. The molecule has 0 fully saturated rings. The van der Waals surface area contributed by atoms with Crippen LogP contribution in [0.15, 0.2) is 31.8 Å². The normalized spacial score (nSPS) is 11.1. The first kappa shape index (κ1) is 9.17. The minimum absolute atomic E-state index is 0.0114. The molecule has 0 aliphatic heterocycles. The number of benzene rings is 1. The Labute approximate surface area is 92.9 Å². The first-order valence-corrected chi connectivity index (χ1v) is 4.72. The molecule has 6 nitrogen and oxygen atoms in total. The Morgan fingerprint density at radius 2 is 2.12 bits per heavy atom. The quantitative estimate of drug-likeness (QED) is 0.698. The monoisotopic (exact) mass is 237 g/mol. The fourth-order valence-corrected chi connectivity index (χ4v) is 1.48. The predicted octanol–water partition coefficient (Wildman–Crippen LogP) is 1.82. The van der Waals surface area contributed by atoms with Crippen LogP contribution in [0.3, 0.4) is 0 Å².